The maximum absolute atomic E-state index is 13.4. The topological polar surface area (TPSA) is 17.1 Å². The van der Waals surface area contributed by atoms with Gasteiger partial charge in [-0.2, -0.15) is 0 Å². The highest BCUT2D eigenvalue weighted by Crippen LogP contribution is 2.43. The molecule has 2 aromatic carbocycles. The molecule has 0 radical (unpaired) electrons. The molecule has 1 nitrogen and oxygen atoms in total. The molecule has 0 fully saturated rings. The van der Waals surface area contributed by atoms with Gasteiger partial charge < -0.3 is 0 Å². The van der Waals surface area contributed by atoms with E-state index in [2.05, 4.69) is 86.6 Å². The number of benzene rings is 2. The SMILES string of the molecule is CC(C)(C)c1cc2c3c(cc(C(C)(C)C)cc3c1)C(=O)C(C(C)(C)C)C2. The molecule has 0 bridgehead atoms. The molecule has 0 heterocycles. The number of ketones is 1. The lowest BCUT2D eigenvalue weighted by Gasteiger charge is -2.35. The first kappa shape index (κ1) is 19.1. The monoisotopic (exact) mass is 350 g/mol. The molecule has 1 aliphatic carbocycles. The number of carbonyl (C=O) groups is 1. The molecule has 0 aromatic heterocycles. The van der Waals surface area contributed by atoms with Crippen LogP contribution in [0.15, 0.2) is 24.3 Å². The van der Waals surface area contributed by atoms with E-state index in [1.165, 1.54) is 27.5 Å². The van der Waals surface area contributed by atoms with Crippen LogP contribution in [0.3, 0.4) is 0 Å². The Morgan fingerprint density at radius 2 is 1.27 bits per heavy atom. The molecule has 3 rings (SSSR count). The summed E-state index contributed by atoms with van der Waals surface area (Å²) in [5, 5.41) is 2.42. The van der Waals surface area contributed by atoms with Gasteiger partial charge >= 0.3 is 0 Å². The van der Waals surface area contributed by atoms with E-state index in [1.807, 2.05) is 0 Å². The van der Waals surface area contributed by atoms with Crippen LogP contribution in [0.5, 0.6) is 0 Å². The van der Waals surface area contributed by atoms with Gasteiger partial charge in [0.2, 0.25) is 0 Å². The lowest BCUT2D eigenvalue weighted by atomic mass is 9.67. The number of carbonyl (C=O) groups excluding carboxylic acids is 1. The van der Waals surface area contributed by atoms with E-state index in [9.17, 15) is 4.79 Å². The van der Waals surface area contributed by atoms with Gasteiger partial charge in [0.25, 0.3) is 0 Å². The summed E-state index contributed by atoms with van der Waals surface area (Å²) in [7, 11) is 0. The zero-order valence-corrected chi connectivity index (χ0v) is 18.0. The van der Waals surface area contributed by atoms with Crippen molar-refractivity contribution in [2.45, 2.75) is 79.6 Å². The predicted molar refractivity (Wildman–Crippen MR) is 112 cm³/mol. The standard InChI is InChI=1S/C25H34O/c1-23(2,3)17-10-15-11-18(24(4,5)6)14-19-21(15)16(12-17)13-20(22(19)26)25(7,8)9/h10-12,14,20H,13H2,1-9H3. The van der Waals surface area contributed by atoms with Crippen LogP contribution < -0.4 is 0 Å². The Kier molecular flexibility index (Phi) is 4.18. The summed E-state index contributed by atoms with van der Waals surface area (Å²) in [6.45, 7) is 20.1. The second kappa shape index (κ2) is 5.68. The van der Waals surface area contributed by atoms with Gasteiger partial charge in [0.15, 0.2) is 5.78 Å². The smallest absolute Gasteiger partial charge is 0.167 e. The van der Waals surface area contributed by atoms with E-state index < -0.39 is 0 Å². The van der Waals surface area contributed by atoms with Crippen molar-refractivity contribution in [3.8, 4) is 0 Å². The lowest BCUT2D eigenvalue weighted by Crippen LogP contribution is -2.34. The largest absolute Gasteiger partial charge is 0.294 e. The third kappa shape index (κ3) is 3.21. The van der Waals surface area contributed by atoms with Gasteiger partial charge in [-0.05, 0) is 56.2 Å². The van der Waals surface area contributed by atoms with E-state index in [-0.39, 0.29) is 22.2 Å². The van der Waals surface area contributed by atoms with Gasteiger partial charge in [0, 0.05) is 11.5 Å². The fourth-order valence-electron chi connectivity index (χ4n) is 4.03. The Hall–Kier alpha value is -1.63. The molecule has 1 atom stereocenters. The Bertz CT molecular complexity index is 874. The molecule has 2 aromatic rings. The molecule has 140 valence electrons. The molecular weight excluding hydrogens is 316 g/mol. The van der Waals surface area contributed by atoms with Crippen molar-refractivity contribution in [1.29, 1.82) is 0 Å². The molecule has 26 heavy (non-hydrogen) atoms. The van der Waals surface area contributed by atoms with E-state index in [4.69, 9.17) is 0 Å². The molecular formula is C25H34O. The molecule has 0 N–H and O–H groups in total. The number of rotatable bonds is 0. The van der Waals surface area contributed by atoms with Crippen molar-refractivity contribution >= 4 is 16.6 Å². The van der Waals surface area contributed by atoms with Crippen LogP contribution in [0.4, 0.5) is 0 Å². The lowest BCUT2D eigenvalue weighted by molar-refractivity contribution is 0.0812. The highest BCUT2D eigenvalue weighted by Gasteiger charge is 2.37. The average Bonchev–Trinajstić information content (AvgIpc) is 2.46. The first-order valence-electron chi connectivity index (χ1n) is 9.85. The van der Waals surface area contributed by atoms with E-state index >= 15 is 0 Å². The highest BCUT2D eigenvalue weighted by atomic mass is 16.1. The summed E-state index contributed by atoms with van der Waals surface area (Å²) in [4.78, 5) is 13.4. The minimum atomic E-state index is -0.0312. The minimum absolute atomic E-state index is 0.0253. The first-order chi connectivity index (χ1) is 11.7. The van der Waals surface area contributed by atoms with Crippen molar-refractivity contribution in [3.05, 3.63) is 46.5 Å². The Morgan fingerprint density at radius 1 is 0.769 bits per heavy atom. The molecule has 0 saturated carbocycles. The predicted octanol–water partition coefficient (Wildman–Crippen LogP) is 6.84. The maximum Gasteiger partial charge on any atom is 0.167 e. The summed E-state index contributed by atoms with van der Waals surface area (Å²) < 4.78 is 0. The van der Waals surface area contributed by atoms with Crippen LogP contribution in [-0.2, 0) is 17.3 Å². The van der Waals surface area contributed by atoms with Crippen molar-refractivity contribution in [2.75, 3.05) is 0 Å². The van der Waals surface area contributed by atoms with Gasteiger partial charge in [-0.3, -0.25) is 4.79 Å². The molecule has 0 aliphatic heterocycles. The van der Waals surface area contributed by atoms with E-state index in [1.54, 1.807) is 0 Å². The van der Waals surface area contributed by atoms with Crippen LogP contribution in [0.1, 0.15) is 89.4 Å². The fraction of sp³-hybridized carbons (Fsp3) is 0.560. The zero-order chi connectivity index (χ0) is 19.7. The Balaban J connectivity index is 2.38. The van der Waals surface area contributed by atoms with Gasteiger partial charge in [0.05, 0.1) is 0 Å². The Labute approximate surface area is 159 Å². The molecule has 1 aliphatic rings. The van der Waals surface area contributed by atoms with Crippen LogP contribution in [-0.4, -0.2) is 5.78 Å². The number of Topliss-reactive ketones (excluding diaryl/α,β-unsaturated/α-hetero) is 1. The van der Waals surface area contributed by atoms with Crippen LogP contribution in [0.25, 0.3) is 10.8 Å². The highest BCUT2D eigenvalue weighted by molar-refractivity contribution is 6.13. The summed E-state index contributed by atoms with van der Waals surface area (Å²) in [6, 6.07) is 9.14. The molecule has 1 heteroatoms. The molecule has 1 unspecified atom stereocenters. The molecule has 0 amide bonds. The van der Waals surface area contributed by atoms with Gasteiger partial charge in [0.1, 0.15) is 0 Å². The summed E-state index contributed by atoms with van der Waals surface area (Å²) >= 11 is 0. The van der Waals surface area contributed by atoms with Crippen LogP contribution >= 0.6 is 0 Å². The van der Waals surface area contributed by atoms with Crippen LogP contribution in [0.2, 0.25) is 0 Å². The minimum Gasteiger partial charge on any atom is -0.294 e. The zero-order valence-electron chi connectivity index (χ0n) is 18.0. The van der Waals surface area contributed by atoms with Gasteiger partial charge in [-0.25, -0.2) is 0 Å². The summed E-state index contributed by atoms with van der Waals surface area (Å²) in [6.07, 6.45) is 0.852. The molecule has 0 spiro atoms. The van der Waals surface area contributed by atoms with Crippen LogP contribution in [0, 0.1) is 11.3 Å². The van der Waals surface area contributed by atoms with E-state index in [0.717, 1.165) is 12.0 Å². The first-order valence-corrected chi connectivity index (χ1v) is 9.85. The number of hydrogen-bond acceptors (Lipinski definition) is 1. The fourth-order valence-corrected chi connectivity index (χ4v) is 4.03. The quantitative estimate of drug-likeness (QED) is 0.508. The second-order valence-corrected chi connectivity index (χ2v) is 11.2. The van der Waals surface area contributed by atoms with Crippen molar-refractivity contribution in [1.82, 2.24) is 0 Å². The summed E-state index contributed by atoms with van der Waals surface area (Å²) in [5.41, 5.74) is 4.99. The second-order valence-electron chi connectivity index (χ2n) is 11.2. The third-order valence-corrected chi connectivity index (χ3v) is 5.91. The number of hydrogen-bond donors (Lipinski definition) is 0. The maximum atomic E-state index is 13.4. The van der Waals surface area contributed by atoms with Crippen molar-refractivity contribution in [3.63, 3.8) is 0 Å². The van der Waals surface area contributed by atoms with E-state index in [0.29, 0.717) is 5.78 Å². The average molecular weight is 351 g/mol. The van der Waals surface area contributed by atoms with Gasteiger partial charge in [-0.15, -0.1) is 0 Å². The summed E-state index contributed by atoms with van der Waals surface area (Å²) in [5.74, 6) is 0.369. The van der Waals surface area contributed by atoms with Crippen molar-refractivity contribution in [2.24, 2.45) is 11.3 Å². The third-order valence-electron chi connectivity index (χ3n) is 5.91. The van der Waals surface area contributed by atoms with Crippen molar-refractivity contribution < 1.29 is 4.79 Å². The molecule has 0 saturated heterocycles. The Morgan fingerprint density at radius 3 is 1.73 bits per heavy atom. The normalized spacial score (nSPS) is 18.5. The van der Waals surface area contributed by atoms with Gasteiger partial charge in [-0.1, -0.05) is 80.5 Å².